The van der Waals surface area contributed by atoms with E-state index in [0.717, 1.165) is 5.56 Å². The molecule has 0 aliphatic heterocycles. The van der Waals surface area contributed by atoms with Crippen molar-refractivity contribution in [3.63, 3.8) is 0 Å². The minimum Gasteiger partial charge on any atom is -0.539 e. The third-order valence-electron chi connectivity index (χ3n) is 2.03. The van der Waals surface area contributed by atoms with Gasteiger partial charge in [-0.2, -0.15) is 0 Å². The van der Waals surface area contributed by atoms with Gasteiger partial charge in [-0.1, -0.05) is 17.7 Å². The number of rotatable bonds is 2. The maximum atomic E-state index is 11.0. The minimum absolute atomic E-state index is 0.112. The zero-order valence-electron chi connectivity index (χ0n) is 8.01. The third-order valence-corrected chi connectivity index (χ3v) is 2.03. The van der Waals surface area contributed by atoms with E-state index in [4.69, 9.17) is 0 Å². The SMILES string of the molecule is Cc1ccc(-[n+]2noc([O-])c2C=O)cc1. The average Bonchev–Trinajstić information content (AvgIpc) is 2.61. The Labute approximate surface area is 85.5 Å². The van der Waals surface area contributed by atoms with Gasteiger partial charge in [0, 0.05) is 12.1 Å². The second-order valence-corrected chi connectivity index (χ2v) is 3.11. The Morgan fingerprint density at radius 1 is 1.40 bits per heavy atom. The van der Waals surface area contributed by atoms with E-state index in [0.29, 0.717) is 12.0 Å². The molecular weight excluding hydrogens is 196 g/mol. The highest BCUT2D eigenvalue weighted by Crippen LogP contribution is 2.08. The van der Waals surface area contributed by atoms with Crippen LogP contribution in [-0.2, 0) is 0 Å². The number of carbonyl (C=O) groups excluding carboxylic acids is 1. The second-order valence-electron chi connectivity index (χ2n) is 3.11. The van der Waals surface area contributed by atoms with Crippen molar-refractivity contribution in [2.24, 2.45) is 0 Å². The molecule has 0 unspecified atom stereocenters. The fraction of sp³-hybridized carbons (Fsp3) is 0.100. The molecule has 0 aliphatic rings. The number of hydrogen-bond acceptors (Lipinski definition) is 4. The topological polar surface area (TPSA) is 70.0 Å². The highest BCUT2D eigenvalue weighted by molar-refractivity contribution is 5.72. The van der Waals surface area contributed by atoms with Crippen molar-refractivity contribution in [3.05, 3.63) is 35.5 Å². The molecule has 15 heavy (non-hydrogen) atoms. The molecule has 5 nitrogen and oxygen atoms in total. The minimum atomic E-state index is -0.731. The van der Waals surface area contributed by atoms with Crippen molar-refractivity contribution in [3.8, 4) is 11.6 Å². The van der Waals surface area contributed by atoms with Crippen molar-refractivity contribution < 1.29 is 19.1 Å². The molecule has 2 rings (SSSR count). The predicted molar refractivity (Wildman–Crippen MR) is 47.6 cm³/mol. The first kappa shape index (κ1) is 9.39. The quantitative estimate of drug-likeness (QED) is 0.515. The Morgan fingerprint density at radius 3 is 2.67 bits per heavy atom. The van der Waals surface area contributed by atoms with Crippen LogP contribution in [0.3, 0.4) is 0 Å². The third kappa shape index (κ3) is 1.59. The van der Waals surface area contributed by atoms with E-state index in [9.17, 15) is 9.90 Å². The van der Waals surface area contributed by atoms with Gasteiger partial charge >= 0.3 is 5.69 Å². The van der Waals surface area contributed by atoms with Crippen LogP contribution < -0.4 is 9.79 Å². The van der Waals surface area contributed by atoms with E-state index in [1.54, 1.807) is 12.1 Å². The van der Waals surface area contributed by atoms with Crippen LogP contribution >= 0.6 is 0 Å². The van der Waals surface area contributed by atoms with Crippen LogP contribution in [0.5, 0.6) is 5.95 Å². The van der Waals surface area contributed by atoms with Crippen LogP contribution in [-0.4, -0.2) is 11.6 Å². The van der Waals surface area contributed by atoms with Crippen LogP contribution in [0.25, 0.3) is 5.69 Å². The van der Waals surface area contributed by atoms with Crippen LogP contribution in [0.4, 0.5) is 0 Å². The van der Waals surface area contributed by atoms with Crippen molar-refractivity contribution in [1.82, 2.24) is 5.27 Å². The molecule has 0 bridgehead atoms. The fourth-order valence-electron chi connectivity index (χ4n) is 1.23. The summed E-state index contributed by atoms with van der Waals surface area (Å²) in [5, 5.41) is 14.5. The highest BCUT2D eigenvalue weighted by Gasteiger charge is 2.18. The lowest BCUT2D eigenvalue weighted by Crippen LogP contribution is -2.36. The van der Waals surface area contributed by atoms with Crippen LogP contribution in [0.15, 0.2) is 28.8 Å². The number of aromatic nitrogens is 2. The van der Waals surface area contributed by atoms with Crippen molar-refractivity contribution >= 4 is 6.29 Å². The molecule has 0 radical (unpaired) electrons. The lowest BCUT2D eigenvalue weighted by molar-refractivity contribution is -0.671. The molecule has 5 heteroatoms. The second kappa shape index (κ2) is 3.53. The monoisotopic (exact) mass is 204 g/mol. The first-order chi connectivity index (χ1) is 7.22. The van der Waals surface area contributed by atoms with Gasteiger partial charge in [0.15, 0.2) is 5.95 Å². The molecule has 0 amide bonds. The molecule has 2 aromatic rings. The summed E-state index contributed by atoms with van der Waals surface area (Å²) in [5.74, 6) is -0.731. The van der Waals surface area contributed by atoms with Gasteiger partial charge in [0.1, 0.15) is 0 Å². The van der Waals surface area contributed by atoms with Crippen molar-refractivity contribution in [2.45, 2.75) is 6.92 Å². The molecular formula is C10H8N2O3. The Balaban J connectivity index is 2.53. The van der Waals surface area contributed by atoms with Crippen LogP contribution in [0, 0.1) is 6.92 Å². The van der Waals surface area contributed by atoms with Gasteiger partial charge in [-0.05, 0) is 11.6 Å². The number of hydrogen-bond donors (Lipinski definition) is 0. The molecule has 0 saturated carbocycles. The molecule has 1 heterocycles. The van der Waals surface area contributed by atoms with Gasteiger partial charge in [0.05, 0.1) is 5.27 Å². The van der Waals surface area contributed by atoms with E-state index < -0.39 is 5.95 Å². The molecule has 0 aliphatic carbocycles. The van der Waals surface area contributed by atoms with E-state index >= 15 is 0 Å². The first-order valence-corrected chi connectivity index (χ1v) is 4.33. The van der Waals surface area contributed by atoms with E-state index in [2.05, 4.69) is 9.79 Å². The first-order valence-electron chi connectivity index (χ1n) is 4.33. The predicted octanol–water partition coefficient (Wildman–Crippen LogP) is 0.146. The molecule has 1 aromatic heterocycles. The van der Waals surface area contributed by atoms with Gasteiger partial charge in [-0.15, -0.1) is 0 Å². The number of nitrogens with zero attached hydrogens (tertiary/aromatic N) is 2. The summed E-state index contributed by atoms with van der Waals surface area (Å²) in [6.07, 6.45) is 0.429. The summed E-state index contributed by atoms with van der Waals surface area (Å²) in [6, 6.07) is 7.22. The highest BCUT2D eigenvalue weighted by atomic mass is 16.6. The van der Waals surface area contributed by atoms with Crippen molar-refractivity contribution in [1.29, 1.82) is 0 Å². The van der Waals surface area contributed by atoms with Gasteiger partial charge in [0.2, 0.25) is 12.0 Å². The Bertz CT molecular complexity index is 488. The normalized spacial score (nSPS) is 10.2. The molecule has 0 fully saturated rings. The molecule has 0 atom stereocenters. The summed E-state index contributed by atoms with van der Waals surface area (Å²) >= 11 is 0. The summed E-state index contributed by atoms with van der Waals surface area (Å²) in [5.41, 5.74) is 1.59. The standard InChI is InChI=1S/C10H8N2O3/c1-7-2-4-8(5-3-7)12-9(6-13)10(14)15-11-12/h2-6H,1H3. The van der Waals surface area contributed by atoms with Gasteiger partial charge in [-0.3, -0.25) is 4.79 Å². The molecule has 0 spiro atoms. The van der Waals surface area contributed by atoms with Crippen molar-refractivity contribution in [2.75, 3.05) is 0 Å². The summed E-state index contributed by atoms with van der Waals surface area (Å²) in [7, 11) is 0. The largest absolute Gasteiger partial charge is 0.539 e. The smallest absolute Gasteiger partial charge is 0.303 e. The molecule has 1 aromatic carbocycles. The molecule has 0 saturated heterocycles. The summed E-state index contributed by atoms with van der Waals surface area (Å²) < 4.78 is 5.57. The number of aryl methyl sites for hydroxylation is 1. The fourth-order valence-corrected chi connectivity index (χ4v) is 1.23. The maximum Gasteiger partial charge on any atom is 0.303 e. The zero-order valence-corrected chi connectivity index (χ0v) is 8.01. The van der Waals surface area contributed by atoms with Crippen LogP contribution in [0.1, 0.15) is 16.1 Å². The lowest BCUT2D eigenvalue weighted by atomic mass is 10.2. The zero-order chi connectivity index (χ0) is 10.8. The Kier molecular flexibility index (Phi) is 2.21. The van der Waals surface area contributed by atoms with E-state index in [-0.39, 0.29) is 5.69 Å². The number of aldehydes is 1. The maximum absolute atomic E-state index is 11.0. The lowest BCUT2D eigenvalue weighted by Gasteiger charge is -1.92. The van der Waals surface area contributed by atoms with E-state index in [1.807, 2.05) is 19.1 Å². The van der Waals surface area contributed by atoms with Crippen LogP contribution in [0.2, 0.25) is 0 Å². The Morgan fingerprint density at radius 2 is 2.07 bits per heavy atom. The van der Waals surface area contributed by atoms with E-state index in [1.165, 1.54) is 4.68 Å². The van der Waals surface area contributed by atoms with Gasteiger partial charge < -0.3 is 9.63 Å². The average molecular weight is 204 g/mol. The van der Waals surface area contributed by atoms with Gasteiger partial charge in [0.25, 0.3) is 0 Å². The number of benzene rings is 1. The Hall–Kier alpha value is -2.17. The molecule has 0 N–H and O–H groups in total. The molecule has 76 valence electrons. The summed E-state index contributed by atoms with van der Waals surface area (Å²) in [6.45, 7) is 1.94. The summed E-state index contributed by atoms with van der Waals surface area (Å²) in [4.78, 5) is 10.6. The van der Waals surface area contributed by atoms with Gasteiger partial charge in [-0.25, -0.2) is 0 Å². The number of carbonyl (C=O) groups is 1.